The minimum atomic E-state index is 0.407. The highest BCUT2D eigenvalue weighted by Crippen LogP contribution is 2.23. The molecule has 26 heavy (non-hydrogen) atoms. The van der Waals surface area contributed by atoms with Crippen LogP contribution in [0.3, 0.4) is 0 Å². The number of rotatable bonds is 6. The first-order valence-corrected chi connectivity index (χ1v) is 9.08. The third-order valence-corrected chi connectivity index (χ3v) is 4.63. The van der Waals surface area contributed by atoms with Crippen LogP contribution in [0.5, 0.6) is 5.75 Å². The molecule has 0 saturated carbocycles. The van der Waals surface area contributed by atoms with Crippen LogP contribution in [0.4, 0.5) is 0 Å². The maximum atomic E-state index is 6.17. The van der Waals surface area contributed by atoms with Crippen molar-refractivity contribution in [3.05, 3.63) is 87.4 Å². The molecule has 0 aliphatic rings. The number of nitrogens with zero attached hydrogens (tertiary/aromatic N) is 2. The van der Waals surface area contributed by atoms with Gasteiger partial charge in [0.05, 0.1) is 0 Å². The Balaban J connectivity index is 1.61. The van der Waals surface area contributed by atoms with Crippen molar-refractivity contribution in [2.45, 2.75) is 27.0 Å². The molecule has 2 aromatic carbocycles. The molecular formula is C21H20Cl2N2O. The number of aryl methyl sites for hydroxylation is 1. The standard InChI is InChI=1S/C21H20Cl2N2O/c1-15(13-25-10-9-24-16(25)2)11-17-3-7-20(8-4-17)26-14-18-5-6-19(22)12-21(18)23/h3-12H,13-14H2,1-2H3. The molecule has 0 atom stereocenters. The molecule has 0 radical (unpaired) electrons. The summed E-state index contributed by atoms with van der Waals surface area (Å²) >= 11 is 12.1. The van der Waals surface area contributed by atoms with Gasteiger partial charge in [-0.05, 0) is 43.7 Å². The predicted molar refractivity (Wildman–Crippen MR) is 108 cm³/mol. The molecule has 0 N–H and O–H groups in total. The Morgan fingerprint density at radius 2 is 1.92 bits per heavy atom. The van der Waals surface area contributed by atoms with Gasteiger partial charge in [-0.3, -0.25) is 0 Å². The highest BCUT2D eigenvalue weighted by molar-refractivity contribution is 6.35. The normalized spacial score (nSPS) is 11.6. The minimum Gasteiger partial charge on any atom is -0.489 e. The summed E-state index contributed by atoms with van der Waals surface area (Å²) < 4.78 is 7.94. The predicted octanol–water partition coefficient (Wildman–Crippen LogP) is 6.18. The summed E-state index contributed by atoms with van der Waals surface area (Å²) in [5.74, 6) is 1.82. The maximum absolute atomic E-state index is 6.17. The summed E-state index contributed by atoms with van der Waals surface area (Å²) in [6.07, 6.45) is 5.98. The van der Waals surface area contributed by atoms with E-state index in [-0.39, 0.29) is 0 Å². The summed E-state index contributed by atoms with van der Waals surface area (Å²) in [6.45, 7) is 5.36. The maximum Gasteiger partial charge on any atom is 0.119 e. The van der Waals surface area contributed by atoms with Crippen LogP contribution in [0, 0.1) is 6.92 Å². The van der Waals surface area contributed by atoms with Gasteiger partial charge in [0.1, 0.15) is 18.2 Å². The minimum absolute atomic E-state index is 0.407. The largest absolute Gasteiger partial charge is 0.489 e. The number of hydrogen-bond acceptors (Lipinski definition) is 2. The molecule has 0 aliphatic carbocycles. The van der Waals surface area contributed by atoms with Crippen LogP contribution >= 0.6 is 23.2 Å². The van der Waals surface area contributed by atoms with Crippen LogP contribution in [0.15, 0.2) is 60.4 Å². The van der Waals surface area contributed by atoms with E-state index in [0.717, 1.165) is 29.2 Å². The molecule has 1 aromatic heterocycles. The summed E-state index contributed by atoms with van der Waals surface area (Å²) in [7, 11) is 0. The van der Waals surface area contributed by atoms with Gasteiger partial charge in [-0.2, -0.15) is 0 Å². The van der Waals surface area contributed by atoms with E-state index in [1.165, 1.54) is 5.57 Å². The van der Waals surface area contributed by atoms with Crippen molar-refractivity contribution < 1.29 is 4.74 Å². The van der Waals surface area contributed by atoms with E-state index in [9.17, 15) is 0 Å². The second kappa shape index (κ2) is 8.43. The highest BCUT2D eigenvalue weighted by Gasteiger charge is 2.03. The van der Waals surface area contributed by atoms with Crippen LogP contribution in [-0.4, -0.2) is 9.55 Å². The molecule has 0 fully saturated rings. The lowest BCUT2D eigenvalue weighted by Gasteiger charge is -2.09. The smallest absolute Gasteiger partial charge is 0.119 e. The Morgan fingerprint density at radius 3 is 2.58 bits per heavy atom. The van der Waals surface area contributed by atoms with Gasteiger partial charge in [0.2, 0.25) is 0 Å². The second-order valence-corrected chi connectivity index (χ2v) is 7.03. The molecule has 0 amide bonds. The lowest BCUT2D eigenvalue weighted by Crippen LogP contribution is -2.00. The molecule has 134 valence electrons. The molecule has 0 aliphatic heterocycles. The van der Waals surface area contributed by atoms with E-state index in [0.29, 0.717) is 16.7 Å². The zero-order chi connectivity index (χ0) is 18.5. The Kier molecular flexibility index (Phi) is 6.02. The molecule has 3 rings (SSSR count). The van der Waals surface area contributed by atoms with Crippen LogP contribution < -0.4 is 4.74 Å². The lowest BCUT2D eigenvalue weighted by molar-refractivity contribution is 0.306. The van der Waals surface area contributed by atoms with Crippen molar-refractivity contribution in [2.75, 3.05) is 0 Å². The average molecular weight is 387 g/mol. The fraction of sp³-hybridized carbons (Fsp3) is 0.190. The van der Waals surface area contributed by atoms with Crippen LogP contribution in [0.25, 0.3) is 6.08 Å². The van der Waals surface area contributed by atoms with Crippen LogP contribution in [0.2, 0.25) is 10.0 Å². The van der Waals surface area contributed by atoms with Crippen LogP contribution in [0.1, 0.15) is 23.9 Å². The molecule has 5 heteroatoms. The molecule has 0 spiro atoms. The molecular weight excluding hydrogens is 367 g/mol. The second-order valence-electron chi connectivity index (χ2n) is 6.19. The SMILES string of the molecule is CC(=Cc1ccc(OCc2ccc(Cl)cc2Cl)cc1)Cn1ccnc1C. The van der Waals surface area contributed by atoms with Crippen molar-refractivity contribution in [3.8, 4) is 5.75 Å². The average Bonchev–Trinajstić information content (AvgIpc) is 3.00. The highest BCUT2D eigenvalue weighted by atomic mass is 35.5. The summed E-state index contributed by atoms with van der Waals surface area (Å²) in [4.78, 5) is 4.25. The molecule has 3 aromatic rings. The van der Waals surface area contributed by atoms with Gasteiger partial charge in [-0.25, -0.2) is 4.98 Å². The number of imidazole rings is 1. The van der Waals surface area contributed by atoms with Crippen molar-refractivity contribution in [1.29, 1.82) is 0 Å². The number of halogens is 2. The van der Waals surface area contributed by atoms with Gasteiger partial charge in [0.25, 0.3) is 0 Å². The number of hydrogen-bond donors (Lipinski definition) is 0. The van der Waals surface area contributed by atoms with Gasteiger partial charge in [-0.15, -0.1) is 0 Å². The summed E-state index contributed by atoms with van der Waals surface area (Å²) in [5.41, 5.74) is 3.30. The van der Waals surface area contributed by atoms with E-state index in [1.54, 1.807) is 6.07 Å². The summed E-state index contributed by atoms with van der Waals surface area (Å²) in [5, 5.41) is 1.23. The molecule has 3 nitrogen and oxygen atoms in total. The molecule has 0 bridgehead atoms. The monoisotopic (exact) mass is 386 g/mol. The number of allylic oxidation sites excluding steroid dienone is 1. The van der Waals surface area contributed by atoms with E-state index in [2.05, 4.69) is 22.6 Å². The zero-order valence-corrected chi connectivity index (χ0v) is 16.3. The van der Waals surface area contributed by atoms with Crippen molar-refractivity contribution in [2.24, 2.45) is 0 Å². The first-order chi connectivity index (χ1) is 12.5. The topological polar surface area (TPSA) is 27.1 Å². The molecule has 1 heterocycles. The van der Waals surface area contributed by atoms with Gasteiger partial charge >= 0.3 is 0 Å². The fourth-order valence-electron chi connectivity index (χ4n) is 2.63. The Hall–Kier alpha value is -2.23. The Bertz CT molecular complexity index is 914. The molecule has 0 saturated heterocycles. The van der Waals surface area contributed by atoms with Gasteiger partial charge < -0.3 is 9.30 Å². The third-order valence-electron chi connectivity index (χ3n) is 4.05. The third kappa shape index (κ3) is 4.90. The number of ether oxygens (including phenoxy) is 1. The van der Waals surface area contributed by atoms with E-state index >= 15 is 0 Å². The van der Waals surface area contributed by atoms with E-state index in [4.69, 9.17) is 27.9 Å². The van der Waals surface area contributed by atoms with E-state index < -0.39 is 0 Å². The quantitative estimate of drug-likeness (QED) is 0.505. The van der Waals surface area contributed by atoms with Gasteiger partial charge in [-0.1, -0.05) is 53.1 Å². The van der Waals surface area contributed by atoms with E-state index in [1.807, 2.05) is 55.7 Å². The Morgan fingerprint density at radius 1 is 1.15 bits per heavy atom. The first-order valence-electron chi connectivity index (χ1n) is 8.33. The molecule has 0 unspecified atom stereocenters. The van der Waals surface area contributed by atoms with Gasteiger partial charge in [0.15, 0.2) is 0 Å². The zero-order valence-electron chi connectivity index (χ0n) is 14.7. The summed E-state index contributed by atoms with van der Waals surface area (Å²) in [6, 6.07) is 13.4. The van der Waals surface area contributed by atoms with Crippen molar-refractivity contribution >= 4 is 29.3 Å². The number of aromatic nitrogens is 2. The van der Waals surface area contributed by atoms with Gasteiger partial charge in [0, 0.05) is 34.5 Å². The van der Waals surface area contributed by atoms with Crippen molar-refractivity contribution in [3.63, 3.8) is 0 Å². The Labute approximate surface area is 163 Å². The van der Waals surface area contributed by atoms with Crippen molar-refractivity contribution in [1.82, 2.24) is 9.55 Å². The number of benzene rings is 2. The first kappa shape index (κ1) is 18.6. The lowest BCUT2D eigenvalue weighted by atomic mass is 10.1. The van der Waals surface area contributed by atoms with Crippen LogP contribution in [-0.2, 0) is 13.2 Å². The fourth-order valence-corrected chi connectivity index (χ4v) is 3.09.